The van der Waals surface area contributed by atoms with Gasteiger partial charge in [0.1, 0.15) is 0 Å². The van der Waals surface area contributed by atoms with Gasteiger partial charge < -0.3 is 0 Å². The Morgan fingerprint density at radius 1 is 0.714 bits per heavy atom. The molecule has 1 aliphatic rings. The Bertz CT molecular complexity index is 806. The molecular weight excluding hydrogens is 359 g/mol. The van der Waals surface area contributed by atoms with E-state index in [0.29, 0.717) is 17.7 Å². The zero-order valence-electron chi connectivity index (χ0n) is 17.2. The summed E-state index contributed by atoms with van der Waals surface area (Å²) in [4.78, 5) is 0. The molecule has 0 amide bonds. The third kappa shape index (κ3) is 2.53. The van der Waals surface area contributed by atoms with Crippen LogP contribution in [-0.2, 0) is 4.52 Å². The third-order valence-electron chi connectivity index (χ3n) is 6.37. The average Bonchev–Trinajstić information content (AvgIpc) is 2.72. The first kappa shape index (κ1) is 19.4. The van der Waals surface area contributed by atoms with Gasteiger partial charge in [0.15, 0.2) is 0 Å². The Hall–Kier alpha value is -1.95. The molecule has 1 fully saturated rings. The van der Waals surface area contributed by atoms with Crippen LogP contribution in [0, 0.1) is 5.92 Å². The van der Waals surface area contributed by atoms with Gasteiger partial charge in [-0.2, -0.15) is 0 Å². The van der Waals surface area contributed by atoms with E-state index < -0.39 is 6.83 Å². The fourth-order valence-corrected chi connectivity index (χ4v) is 12.8. The molecule has 2 atom stereocenters. The van der Waals surface area contributed by atoms with E-state index >= 15 is 0 Å². The quantitative estimate of drug-likeness (QED) is 0.494. The predicted octanol–water partition coefficient (Wildman–Crippen LogP) is 5.65. The normalized spacial score (nSPS) is 24.1. The summed E-state index contributed by atoms with van der Waals surface area (Å²) >= 11 is 0. The van der Waals surface area contributed by atoms with E-state index in [0.717, 1.165) is 12.8 Å². The van der Waals surface area contributed by atoms with E-state index in [2.05, 4.69) is 112 Å². The fourth-order valence-electron chi connectivity index (χ4n) is 5.49. The molecule has 1 heterocycles. The summed E-state index contributed by atoms with van der Waals surface area (Å²) < 4.78 is 7.32. The molecule has 0 bridgehead atoms. The van der Waals surface area contributed by atoms with Crippen LogP contribution in [0.15, 0.2) is 91.0 Å². The predicted molar refractivity (Wildman–Crippen MR) is 124 cm³/mol. The number of rotatable bonds is 6. The summed E-state index contributed by atoms with van der Waals surface area (Å²) in [6.07, 6.45) is 2.58. The van der Waals surface area contributed by atoms with E-state index in [1.165, 1.54) is 15.9 Å². The van der Waals surface area contributed by atoms with Crippen molar-refractivity contribution in [3.63, 3.8) is 0 Å². The summed E-state index contributed by atoms with van der Waals surface area (Å²) in [6, 6.07) is 33.2. The van der Waals surface area contributed by atoms with Gasteiger partial charge in [-0.05, 0) is 0 Å². The van der Waals surface area contributed by atoms with Crippen LogP contribution >= 0.6 is 6.83 Å². The summed E-state index contributed by atoms with van der Waals surface area (Å²) in [5, 5.41) is 4.07. The Labute approximate surface area is 169 Å². The minimum absolute atomic E-state index is 0.309. The summed E-state index contributed by atoms with van der Waals surface area (Å²) in [5.41, 5.74) is 0.484. The second kappa shape index (κ2) is 7.47. The number of hydrogen-bond donors (Lipinski definition) is 0. The van der Waals surface area contributed by atoms with Gasteiger partial charge >= 0.3 is 170 Å². The monoisotopic (exact) mass is 390 g/mol. The Morgan fingerprint density at radius 2 is 1.11 bits per heavy atom. The van der Waals surface area contributed by atoms with Gasteiger partial charge in [0.2, 0.25) is 0 Å². The molecule has 146 valence electrons. The molecule has 0 aliphatic carbocycles. The molecule has 2 heteroatoms. The van der Waals surface area contributed by atoms with Gasteiger partial charge in [0, 0.05) is 0 Å². The molecule has 3 aromatic rings. The van der Waals surface area contributed by atoms with Crippen LogP contribution in [0.2, 0.25) is 0 Å². The van der Waals surface area contributed by atoms with Crippen molar-refractivity contribution < 1.29 is 4.52 Å². The van der Waals surface area contributed by atoms with Crippen LogP contribution in [0.3, 0.4) is 0 Å². The average molecular weight is 391 g/mol. The van der Waals surface area contributed by atoms with Gasteiger partial charge in [-0.1, -0.05) is 0 Å². The molecule has 1 nitrogen and oxygen atoms in total. The minimum atomic E-state index is -3.03. The summed E-state index contributed by atoms with van der Waals surface area (Å²) in [6.45, 7) is 4.00. The maximum atomic E-state index is 7.32. The van der Waals surface area contributed by atoms with Crippen LogP contribution in [0.4, 0.5) is 0 Å². The Morgan fingerprint density at radius 3 is 1.43 bits per heavy atom. The van der Waals surface area contributed by atoms with Crippen LogP contribution in [0.5, 0.6) is 0 Å². The topological polar surface area (TPSA) is 9.23 Å². The van der Waals surface area contributed by atoms with Crippen molar-refractivity contribution in [1.82, 2.24) is 0 Å². The molecule has 0 saturated carbocycles. The van der Waals surface area contributed by atoms with E-state index in [1.807, 2.05) is 0 Å². The Kier molecular flexibility index (Phi) is 5.17. The van der Waals surface area contributed by atoms with Crippen molar-refractivity contribution in [1.29, 1.82) is 0 Å². The summed E-state index contributed by atoms with van der Waals surface area (Å²) in [7, 11) is 0. The van der Waals surface area contributed by atoms with Crippen molar-refractivity contribution in [2.75, 3.05) is 0 Å². The molecular formula is C26H31OP. The number of hydrogen-bond acceptors (Lipinski definition) is 1. The molecule has 1 saturated heterocycles. The van der Waals surface area contributed by atoms with Crippen molar-refractivity contribution in [2.45, 2.75) is 45.4 Å². The first-order chi connectivity index (χ1) is 13.6. The SMILES string of the molecule is CCCC1OP(c2ccccc2)(c2ccccc2)(c2ccccc2)C1C(C)C. The van der Waals surface area contributed by atoms with Gasteiger partial charge in [0.25, 0.3) is 0 Å². The van der Waals surface area contributed by atoms with Gasteiger partial charge in [-0.15, -0.1) is 0 Å². The molecule has 0 spiro atoms. The molecule has 0 radical (unpaired) electrons. The molecule has 0 N–H and O–H groups in total. The van der Waals surface area contributed by atoms with E-state index in [1.54, 1.807) is 0 Å². The van der Waals surface area contributed by atoms with Crippen LogP contribution in [0.25, 0.3) is 0 Å². The van der Waals surface area contributed by atoms with Gasteiger partial charge in [-0.3, -0.25) is 0 Å². The molecule has 0 aromatic heterocycles. The van der Waals surface area contributed by atoms with E-state index in [-0.39, 0.29) is 0 Å². The van der Waals surface area contributed by atoms with Gasteiger partial charge in [-0.25, -0.2) is 0 Å². The fraction of sp³-hybridized carbons (Fsp3) is 0.308. The van der Waals surface area contributed by atoms with Crippen LogP contribution in [0.1, 0.15) is 33.6 Å². The molecule has 1 aliphatic heterocycles. The second-order valence-electron chi connectivity index (χ2n) is 8.28. The van der Waals surface area contributed by atoms with Crippen LogP contribution in [-0.4, -0.2) is 11.8 Å². The molecule has 4 rings (SSSR count). The van der Waals surface area contributed by atoms with Crippen molar-refractivity contribution in [3.05, 3.63) is 91.0 Å². The standard InChI is InChI=1S/C26H31OP/c1-4-14-25-26(21(2)3)28(27-25,22-15-8-5-9-16-22,23-17-10-6-11-18-23)24-19-12-7-13-20-24/h5-13,15-21,25-26H,4,14H2,1-3H3. The first-order valence-electron chi connectivity index (χ1n) is 10.5. The molecule has 3 aromatic carbocycles. The number of benzene rings is 3. The Balaban J connectivity index is 2.12. The second-order valence-corrected chi connectivity index (χ2v) is 12.8. The van der Waals surface area contributed by atoms with Crippen molar-refractivity contribution >= 4 is 22.7 Å². The van der Waals surface area contributed by atoms with Crippen LogP contribution < -0.4 is 15.9 Å². The first-order valence-corrected chi connectivity index (χ1v) is 12.7. The molecule has 28 heavy (non-hydrogen) atoms. The zero-order valence-corrected chi connectivity index (χ0v) is 18.1. The maximum absolute atomic E-state index is 7.32. The van der Waals surface area contributed by atoms with Crippen molar-refractivity contribution in [3.8, 4) is 0 Å². The zero-order chi connectivity index (χ0) is 19.6. The van der Waals surface area contributed by atoms with E-state index in [4.69, 9.17) is 4.52 Å². The summed E-state index contributed by atoms with van der Waals surface area (Å²) in [5.74, 6) is 0.531. The van der Waals surface area contributed by atoms with Gasteiger partial charge in [0.05, 0.1) is 0 Å². The van der Waals surface area contributed by atoms with E-state index in [9.17, 15) is 0 Å². The molecule has 2 unspecified atom stereocenters. The van der Waals surface area contributed by atoms with Crippen molar-refractivity contribution in [2.24, 2.45) is 5.92 Å². The third-order valence-corrected chi connectivity index (χ3v) is 13.1.